The van der Waals surface area contributed by atoms with Crippen LogP contribution < -0.4 is 4.74 Å². The molecular formula is C31H38N2O6. The maximum Gasteiger partial charge on any atom is 0.303 e. The van der Waals surface area contributed by atoms with Gasteiger partial charge in [0, 0.05) is 55.8 Å². The van der Waals surface area contributed by atoms with Crippen molar-refractivity contribution in [1.29, 1.82) is 0 Å². The Morgan fingerprint density at radius 3 is 2.51 bits per heavy atom. The van der Waals surface area contributed by atoms with Gasteiger partial charge in [-0.3, -0.25) is 14.5 Å². The third-order valence-corrected chi connectivity index (χ3v) is 6.58. The number of para-hydroxylation sites is 1. The number of carbonyl (C=O) groups excluding carboxylic acids is 1. The molecule has 0 bridgehead atoms. The normalized spacial score (nSPS) is 14.9. The van der Waals surface area contributed by atoms with E-state index in [4.69, 9.17) is 19.0 Å². The number of benzene rings is 2. The molecule has 1 aromatic heterocycles. The monoisotopic (exact) mass is 536 g/mol. The summed E-state index contributed by atoms with van der Waals surface area (Å²) in [5.74, 6) is -0.171. The number of furan rings is 1. The molecule has 0 unspecified atom stereocenters. The molecule has 8 heteroatoms. The number of nitrogens with zero attached hydrogens (tertiary/aromatic N) is 2. The Bertz CT molecular complexity index is 1240. The van der Waals surface area contributed by atoms with Crippen LogP contribution in [0.3, 0.4) is 0 Å². The molecule has 0 saturated carbocycles. The number of morpholine rings is 1. The fourth-order valence-corrected chi connectivity index (χ4v) is 4.43. The fourth-order valence-electron chi connectivity index (χ4n) is 4.43. The van der Waals surface area contributed by atoms with Gasteiger partial charge in [0.25, 0.3) is 5.91 Å². The van der Waals surface area contributed by atoms with E-state index in [1.54, 1.807) is 60.9 Å². The van der Waals surface area contributed by atoms with Crippen LogP contribution in [0.2, 0.25) is 0 Å². The molecule has 208 valence electrons. The van der Waals surface area contributed by atoms with Gasteiger partial charge in [-0.25, -0.2) is 0 Å². The van der Waals surface area contributed by atoms with Gasteiger partial charge in [0.05, 0.1) is 28.8 Å². The third-order valence-electron chi connectivity index (χ3n) is 6.58. The van der Waals surface area contributed by atoms with Crippen molar-refractivity contribution in [2.24, 2.45) is 0 Å². The molecule has 0 radical (unpaired) electrons. The largest absolute Gasteiger partial charge is 0.493 e. The molecule has 0 atom stereocenters. The van der Waals surface area contributed by atoms with Gasteiger partial charge in [0.1, 0.15) is 11.5 Å². The Labute approximate surface area is 232 Å². The van der Waals surface area contributed by atoms with Gasteiger partial charge in [-0.15, -0.1) is 0 Å². The highest BCUT2D eigenvalue weighted by molar-refractivity contribution is 5.94. The molecule has 1 fully saturated rings. The van der Waals surface area contributed by atoms with E-state index in [2.05, 4.69) is 4.90 Å². The first-order chi connectivity index (χ1) is 19.9. The summed E-state index contributed by atoms with van der Waals surface area (Å²) in [6.07, 6.45) is 4.21. The zero-order valence-electron chi connectivity index (χ0n) is 24.2. The minimum absolute atomic E-state index is 0.114. The average Bonchev–Trinajstić information content (AvgIpc) is 3.53. The minimum atomic E-state index is -2.15. The van der Waals surface area contributed by atoms with Crippen molar-refractivity contribution < 1.29 is 31.3 Å². The molecule has 0 spiro atoms. The maximum atomic E-state index is 13.9. The lowest BCUT2D eigenvalue weighted by Crippen LogP contribution is -2.39. The van der Waals surface area contributed by atoms with Crippen LogP contribution in [-0.2, 0) is 16.0 Å². The third kappa shape index (κ3) is 8.97. The Morgan fingerprint density at radius 2 is 1.77 bits per heavy atom. The van der Waals surface area contributed by atoms with Crippen molar-refractivity contribution in [2.75, 3.05) is 46.0 Å². The number of aliphatic carboxylic acids is 1. The van der Waals surface area contributed by atoms with Crippen LogP contribution in [0.15, 0.2) is 71.3 Å². The first-order valence-corrected chi connectivity index (χ1v) is 13.6. The van der Waals surface area contributed by atoms with Gasteiger partial charge >= 0.3 is 5.97 Å². The van der Waals surface area contributed by atoms with Crippen molar-refractivity contribution in [3.8, 4) is 17.1 Å². The summed E-state index contributed by atoms with van der Waals surface area (Å²) in [6, 6.07) is 17.5. The molecular weight excluding hydrogens is 496 g/mol. The molecule has 4 rings (SSSR count). The number of hydrogen-bond donors (Lipinski definition) is 1. The van der Waals surface area contributed by atoms with E-state index in [0.29, 0.717) is 62.6 Å². The van der Waals surface area contributed by atoms with Gasteiger partial charge in [0.2, 0.25) is 0 Å². The Kier molecular flexibility index (Phi) is 9.93. The van der Waals surface area contributed by atoms with Crippen molar-refractivity contribution in [1.82, 2.24) is 9.80 Å². The molecule has 1 saturated heterocycles. The van der Waals surface area contributed by atoms with Crippen molar-refractivity contribution in [3.63, 3.8) is 0 Å². The van der Waals surface area contributed by atoms with Gasteiger partial charge in [-0.2, -0.15) is 0 Å². The van der Waals surface area contributed by atoms with Crippen molar-refractivity contribution >= 4 is 11.9 Å². The highest BCUT2D eigenvalue weighted by Crippen LogP contribution is 2.24. The van der Waals surface area contributed by atoms with E-state index >= 15 is 0 Å². The van der Waals surface area contributed by atoms with E-state index < -0.39 is 18.4 Å². The lowest BCUT2D eigenvalue weighted by molar-refractivity contribution is -0.137. The van der Waals surface area contributed by atoms with Crippen LogP contribution in [0.5, 0.6) is 5.75 Å². The minimum Gasteiger partial charge on any atom is -0.493 e. The van der Waals surface area contributed by atoms with Crippen LogP contribution in [0, 0.1) is 0 Å². The predicted molar refractivity (Wildman–Crippen MR) is 149 cm³/mol. The van der Waals surface area contributed by atoms with Crippen molar-refractivity contribution in [3.05, 3.63) is 78.1 Å². The Balaban J connectivity index is 1.51. The molecule has 1 aliphatic rings. The van der Waals surface area contributed by atoms with Gasteiger partial charge in [0.15, 0.2) is 0 Å². The Morgan fingerprint density at radius 1 is 0.974 bits per heavy atom. The summed E-state index contributed by atoms with van der Waals surface area (Å²) in [5, 5.41) is 8.83. The molecule has 39 heavy (non-hydrogen) atoms. The topological polar surface area (TPSA) is 92.5 Å². The molecule has 1 amide bonds. The number of carboxylic acid groups (broad SMARTS) is 1. The number of carboxylic acids is 1. The second kappa shape index (κ2) is 15.1. The van der Waals surface area contributed by atoms with Crippen LogP contribution in [0.4, 0.5) is 0 Å². The number of carbonyl (C=O) groups is 2. The summed E-state index contributed by atoms with van der Waals surface area (Å²) in [5.41, 5.74) is 1.49. The van der Waals surface area contributed by atoms with E-state index in [9.17, 15) is 12.3 Å². The molecule has 2 heterocycles. The molecule has 3 aromatic rings. The first kappa shape index (κ1) is 25.6. The van der Waals surface area contributed by atoms with E-state index in [0.717, 1.165) is 25.2 Å². The van der Waals surface area contributed by atoms with Crippen LogP contribution in [0.1, 0.15) is 50.8 Å². The van der Waals surface area contributed by atoms with Crippen LogP contribution >= 0.6 is 0 Å². The van der Waals surface area contributed by atoms with Crippen LogP contribution in [0.25, 0.3) is 11.3 Å². The molecule has 1 aliphatic heterocycles. The highest BCUT2D eigenvalue weighted by atomic mass is 16.5. The van der Waals surface area contributed by atoms with Crippen LogP contribution in [-0.4, -0.2) is 72.8 Å². The molecule has 1 N–H and O–H groups in total. The highest BCUT2D eigenvalue weighted by Gasteiger charge is 2.19. The molecule has 8 nitrogen and oxygen atoms in total. The zero-order chi connectivity index (χ0) is 29.1. The SMILES string of the molecule is [2H]C([2H])(c1ccccc1OCCCCCC(=O)O)N(CCCN1CCOCC1)C(=O)c1ccc(-c2ccco2)cc1. The lowest BCUT2D eigenvalue weighted by Gasteiger charge is -2.29. The maximum absolute atomic E-state index is 13.9. The lowest BCUT2D eigenvalue weighted by atomic mass is 10.1. The van der Waals surface area contributed by atoms with E-state index in [-0.39, 0.29) is 18.5 Å². The first-order valence-electron chi connectivity index (χ1n) is 14.6. The Hall–Kier alpha value is -3.62. The van der Waals surface area contributed by atoms with Gasteiger partial charge < -0.3 is 23.9 Å². The van der Waals surface area contributed by atoms with E-state index in [1.165, 1.54) is 4.90 Å². The zero-order valence-corrected chi connectivity index (χ0v) is 22.2. The second-order valence-corrected chi connectivity index (χ2v) is 9.48. The number of unbranched alkanes of at least 4 members (excludes halogenated alkanes) is 2. The summed E-state index contributed by atoms with van der Waals surface area (Å²) < 4.78 is 35.3. The van der Waals surface area contributed by atoms with Gasteiger partial charge in [-0.1, -0.05) is 30.3 Å². The quantitative estimate of drug-likeness (QED) is 0.262. The number of hydrogen-bond acceptors (Lipinski definition) is 6. The van der Waals surface area contributed by atoms with Crippen molar-refractivity contribution in [2.45, 2.75) is 38.6 Å². The predicted octanol–water partition coefficient (Wildman–Crippen LogP) is 5.34. The summed E-state index contributed by atoms with van der Waals surface area (Å²) in [6.45, 7) is 2.10. The second-order valence-electron chi connectivity index (χ2n) is 9.48. The standard InChI is InChI=1S/C31H38N2O6/c34-30(35)11-2-1-5-20-38-29-9-4-3-8-27(29)24-33(17-7-16-32-18-22-37-23-19-32)31(36)26-14-12-25(13-15-26)28-10-6-21-39-28/h3-4,6,8-10,12-15,21H,1-2,5,7,11,16-20,22-24H2,(H,34,35)/i24D2. The average molecular weight is 537 g/mol. The molecule has 0 aliphatic carbocycles. The smallest absolute Gasteiger partial charge is 0.303 e. The summed E-state index contributed by atoms with van der Waals surface area (Å²) >= 11 is 0. The summed E-state index contributed by atoms with van der Waals surface area (Å²) in [4.78, 5) is 28.2. The van der Waals surface area contributed by atoms with E-state index in [1.807, 2.05) is 6.07 Å². The van der Waals surface area contributed by atoms with Gasteiger partial charge in [-0.05, 0) is 56.0 Å². The number of ether oxygens (including phenoxy) is 2. The number of rotatable bonds is 15. The molecule has 2 aromatic carbocycles. The number of amides is 1. The fraction of sp³-hybridized carbons (Fsp3) is 0.419. The summed E-state index contributed by atoms with van der Waals surface area (Å²) in [7, 11) is 0.